The van der Waals surface area contributed by atoms with Crippen LogP contribution in [0.2, 0.25) is 0 Å². The van der Waals surface area contributed by atoms with Crippen molar-refractivity contribution in [1.29, 1.82) is 0 Å². The molecule has 0 saturated heterocycles. The summed E-state index contributed by atoms with van der Waals surface area (Å²) >= 11 is 0. The van der Waals surface area contributed by atoms with Crippen molar-refractivity contribution < 1.29 is 9.47 Å². The summed E-state index contributed by atoms with van der Waals surface area (Å²) < 4.78 is 10.5. The standard InChI is InChI=1S/C14H23NO2/c1-3-10-17-11-13(15)7-4-12-5-8-14(16-2)9-6-12/h5-6,8-9,13H,3-4,7,10-11,15H2,1-2H3. The van der Waals surface area contributed by atoms with Gasteiger partial charge in [-0.1, -0.05) is 19.1 Å². The molecule has 3 nitrogen and oxygen atoms in total. The third-order valence-corrected chi connectivity index (χ3v) is 2.64. The van der Waals surface area contributed by atoms with E-state index < -0.39 is 0 Å². The Morgan fingerprint density at radius 1 is 1.24 bits per heavy atom. The number of hydrogen-bond acceptors (Lipinski definition) is 3. The molecule has 0 aliphatic carbocycles. The lowest BCUT2D eigenvalue weighted by Gasteiger charge is -2.11. The van der Waals surface area contributed by atoms with E-state index in [4.69, 9.17) is 15.2 Å². The van der Waals surface area contributed by atoms with E-state index in [2.05, 4.69) is 19.1 Å². The normalized spacial score (nSPS) is 12.4. The van der Waals surface area contributed by atoms with Crippen LogP contribution in [0.1, 0.15) is 25.3 Å². The quantitative estimate of drug-likeness (QED) is 0.706. The first-order valence-corrected chi connectivity index (χ1v) is 6.22. The topological polar surface area (TPSA) is 44.5 Å². The van der Waals surface area contributed by atoms with Crippen molar-refractivity contribution in [1.82, 2.24) is 0 Å². The number of ether oxygens (including phenoxy) is 2. The van der Waals surface area contributed by atoms with Crippen molar-refractivity contribution in [3.05, 3.63) is 29.8 Å². The van der Waals surface area contributed by atoms with Gasteiger partial charge in [0.25, 0.3) is 0 Å². The predicted octanol–water partition coefficient (Wildman–Crippen LogP) is 2.38. The molecule has 1 atom stereocenters. The lowest BCUT2D eigenvalue weighted by Crippen LogP contribution is -2.26. The summed E-state index contributed by atoms with van der Waals surface area (Å²) in [7, 11) is 1.68. The van der Waals surface area contributed by atoms with Crippen molar-refractivity contribution in [2.45, 2.75) is 32.2 Å². The van der Waals surface area contributed by atoms with Gasteiger partial charge in [0.2, 0.25) is 0 Å². The average Bonchev–Trinajstić information content (AvgIpc) is 2.37. The molecule has 0 aliphatic rings. The highest BCUT2D eigenvalue weighted by Crippen LogP contribution is 2.13. The number of aryl methyl sites for hydroxylation is 1. The molecule has 0 aliphatic heterocycles. The number of benzene rings is 1. The van der Waals surface area contributed by atoms with E-state index in [1.54, 1.807) is 7.11 Å². The summed E-state index contributed by atoms with van der Waals surface area (Å²) in [6.07, 6.45) is 2.99. The second-order valence-corrected chi connectivity index (χ2v) is 4.22. The van der Waals surface area contributed by atoms with Crippen LogP contribution in [0.5, 0.6) is 5.75 Å². The van der Waals surface area contributed by atoms with E-state index >= 15 is 0 Å². The zero-order chi connectivity index (χ0) is 12.5. The molecule has 0 amide bonds. The van der Waals surface area contributed by atoms with Crippen LogP contribution in [0.3, 0.4) is 0 Å². The molecule has 1 aromatic carbocycles. The SMILES string of the molecule is CCCOCC(N)CCc1ccc(OC)cc1. The van der Waals surface area contributed by atoms with Crippen molar-refractivity contribution in [3.8, 4) is 5.75 Å². The summed E-state index contributed by atoms with van der Waals surface area (Å²) in [6, 6.07) is 8.25. The van der Waals surface area contributed by atoms with Crippen molar-refractivity contribution in [2.75, 3.05) is 20.3 Å². The zero-order valence-corrected chi connectivity index (χ0v) is 10.8. The Labute approximate surface area is 104 Å². The molecular weight excluding hydrogens is 214 g/mol. The minimum absolute atomic E-state index is 0.128. The number of rotatable bonds is 8. The van der Waals surface area contributed by atoms with Gasteiger partial charge in [-0.2, -0.15) is 0 Å². The fraction of sp³-hybridized carbons (Fsp3) is 0.571. The van der Waals surface area contributed by atoms with Gasteiger partial charge in [-0.3, -0.25) is 0 Å². The Morgan fingerprint density at radius 2 is 1.94 bits per heavy atom. The number of nitrogens with two attached hydrogens (primary N) is 1. The fourth-order valence-electron chi connectivity index (χ4n) is 1.61. The van der Waals surface area contributed by atoms with Gasteiger partial charge in [0, 0.05) is 12.6 Å². The monoisotopic (exact) mass is 237 g/mol. The Bertz CT molecular complexity index is 298. The van der Waals surface area contributed by atoms with Gasteiger partial charge < -0.3 is 15.2 Å². The Hall–Kier alpha value is -1.06. The largest absolute Gasteiger partial charge is 0.497 e. The molecule has 17 heavy (non-hydrogen) atoms. The maximum atomic E-state index is 5.97. The van der Waals surface area contributed by atoms with Gasteiger partial charge >= 0.3 is 0 Å². The summed E-state index contributed by atoms with van der Waals surface area (Å²) in [6.45, 7) is 3.56. The molecule has 2 N–H and O–H groups in total. The van der Waals surface area contributed by atoms with E-state index in [0.717, 1.165) is 31.6 Å². The van der Waals surface area contributed by atoms with E-state index in [-0.39, 0.29) is 6.04 Å². The van der Waals surface area contributed by atoms with E-state index in [0.29, 0.717) is 6.61 Å². The summed E-state index contributed by atoms with van der Waals surface area (Å²) in [5, 5.41) is 0. The van der Waals surface area contributed by atoms with E-state index in [9.17, 15) is 0 Å². The predicted molar refractivity (Wildman–Crippen MR) is 70.4 cm³/mol. The molecule has 3 heteroatoms. The highest BCUT2D eigenvalue weighted by atomic mass is 16.5. The third kappa shape index (κ3) is 5.71. The highest BCUT2D eigenvalue weighted by Gasteiger charge is 2.03. The van der Waals surface area contributed by atoms with Crippen molar-refractivity contribution >= 4 is 0 Å². The Kier molecular flexibility index (Phi) is 6.67. The van der Waals surface area contributed by atoms with Gasteiger partial charge in [-0.05, 0) is 37.0 Å². The lowest BCUT2D eigenvalue weighted by molar-refractivity contribution is 0.119. The van der Waals surface area contributed by atoms with E-state index in [1.807, 2.05) is 12.1 Å². The molecule has 1 aromatic rings. The summed E-state index contributed by atoms with van der Waals surface area (Å²) in [4.78, 5) is 0. The fourth-order valence-corrected chi connectivity index (χ4v) is 1.61. The number of hydrogen-bond donors (Lipinski definition) is 1. The van der Waals surface area contributed by atoms with Crippen LogP contribution >= 0.6 is 0 Å². The van der Waals surface area contributed by atoms with Gasteiger partial charge in [-0.15, -0.1) is 0 Å². The lowest BCUT2D eigenvalue weighted by atomic mass is 10.1. The molecule has 1 unspecified atom stereocenters. The minimum Gasteiger partial charge on any atom is -0.497 e. The molecule has 1 rings (SSSR count). The second-order valence-electron chi connectivity index (χ2n) is 4.22. The number of methoxy groups -OCH3 is 1. The molecule has 96 valence electrons. The minimum atomic E-state index is 0.128. The molecule has 0 radical (unpaired) electrons. The maximum absolute atomic E-state index is 5.97. The molecule has 0 bridgehead atoms. The molecule has 0 aromatic heterocycles. The van der Waals surface area contributed by atoms with Crippen LogP contribution in [0.25, 0.3) is 0 Å². The summed E-state index contributed by atoms with van der Waals surface area (Å²) in [5.74, 6) is 0.893. The second kappa shape index (κ2) is 8.09. The molecule has 0 fully saturated rings. The van der Waals surface area contributed by atoms with Crippen LogP contribution in [0.15, 0.2) is 24.3 Å². The van der Waals surface area contributed by atoms with Gasteiger partial charge in [0.1, 0.15) is 5.75 Å². The average molecular weight is 237 g/mol. The first-order chi connectivity index (χ1) is 8.26. The van der Waals surface area contributed by atoms with Crippen molar-refractivity contribution in [3.63, 3.8) is 0 Å². The first-order valence-electron chi connectivity index (χ1n) is 6.22. The van der Waals surface area contributed by atoms with Crippen LogP contribution < -0.4 is 10.5 Å². The molecule has 0 heterocycles. The Balaban J connectivity index is 2.24. The van der Waals surface area contributed by atoms with Crippen molar-refractivity contribution in [2.24, 2.45) is 5.73 Å². The van der Waals surface area contributed by atoms with Crippen LogP contribution in [-0.2, 0) is 11.2 Å². The van der Waals surface area contributed by atoms with Gasteiger partial charge in [0.15, 0.2) is 0 Å². The smallest absolute Gasteiger partial charge is 0.118 e. The van der Waals surface area contributed by atoms with Crippen LogP contribution in [-0.4, -0.2) is 26.4 Å². The van der Waals surface area contributed by atoms with E-state index in [1.165, 1.54) is 5.56 Å². The van der Waals surface area contributed by atoms with Gasteiger partial charge in [0.05, 0.1) is 13.7 Å². The highest BCUT2D eigenvalue weighted by molar-refractivity contribution is 5.27. The van der Waals surface area contributed by atoms with Crippen LogP contribution in [0, 0.1) is 0 Å². The molecule has 0 saturated carbocycles. The third-order valence-electron chi connectivity index (χ3n) is 2.64. The molecule has 0 spiro atoms. The zero-order valence-electron chi connectivity index (χ0n) is 10.8. The maximum Gasteiger partial charge on any atom is 0.118 e. The molecular formula is C14H23NO2. The van der Waals surface area contributed by atoms with Gasteiger partial charge in [-0.25, -0.2) is 0 Å². The first kappa shape index (κ1) is 14.0. The van der Waals surface area contributed by atoms with Crippen LogP contribution in [0.4, 0.5) is 0 Å². The summed E-state index contributed by atoms with van der Waals surface area (Å²) in [5.41, 5.74) is 7.26. The Morgan fingerprint density at radius 3 is 2.53 bits per heavy atom.